The lowest BCUT2D eigenvalue weighted by Crippen LogP contribution is -2.05. The second-order valence-corrected chi connectivity index (χ2v) is 7.19. The van der Waals surface area contributed by atoms with Crippen LogP contribution in [0.3, 0.4) is 0 Å². The summed E-state index contributed by atoms with van der Waals surface area (Å²) in [7, 11) is 0. The molecule has 0 aliphatic heterocycles. The standard InChI is InChI=1S/C21H18N4O2S/c1-3-19-23-18(12-28-19)14-6-4-7-15(10-14)20-24-21(27-25-20)16-8-5-9-17(11-16)22-13(2)26/h4-12H,3H2,1-2H3,(H,22,26). The van der Waals surface area contributed by atoms with Crippen molar-refractivity contribution in [2.75, 3.05) is 5.32 Å². The van der Waals surface area contributed by atoms with Crippen molar-refractivity contribution in [3.05, 3.63) is 58.9 Å². The molecule has 0 atom stereocenters. The largest absolute Gasteiger partial charge is 0.334 e. The maximum absolute atomic E-state index is 11.3. The number of carbonyl (C=O) groups is 1. The Morgan fingerprint density at radius 3 is 2.64 bits per heavy atom. The van der Waals surface area contributed by atoms with Gasteiger partial charge in [0.05, 0.1) is 10.7 Å². The van der Waals surface area contributed by atoms with Crippen molar-refractivity contribution in [1.29, 1.82) is 0 Å². The molecule has 4 aromatic rings. The molecule has 2 heterocycles. The van der Waals surface area contributed by atoms with Crippen molar-refractivity contribution < 1.29 is 9.32 Å². The fourth-order valence-electron chi connectivity index (χ4n) is 2.81. The van der Waals surface area contributed by atoms with Crippen LogP contribution in [0.4, 0.5) is 5.69 Å². The number of hydrogen-bond donors (Lipinski definition) is 1. The minimum atomic E-state index is -0.131. The molecule has 6 nitrogen and oxygen atoms in total. The van der Waals surface area contributed by atoms with E-state index >= 15 is 0 Å². The zero-order valence-corrected chi connectivity index (χ0v) is 16.3. The second kappa shape index (κ2) is 7.74. The van der Waals surface area contributed by atoms with Crippen LogP contribution in [0.15, 0.2) is 58.4 Å². The van der Waals surface area contributed by atoms with E-state index < -0.39 is 0 Å². The third-order valence-corrected chi connectivity index (χ3v) is 5.12. The number of thiazole rings is 1. The van der Waals surface area contributed by atoms with Crippen molar-refractivity contribution in [3.63, 3.8) is 0 Å². The summed E-state index contributed by atoms with van der Waals surface area (Å²) in [6, 6.07) is 15.2. The van der Waals surface area contributed by atoms with E-state index in [2.05, 4.69) is 32.7 Å². The van der Waals surface area contributed by atoms with E-state index in [1.165, 1.54) is 6.92 Å². The zero-order valence-electron chi connectivity index (χ0n) is 15.5. The van der Waals surface area contributed by atoms with Gasteiger partial charge in [0, 0.05) is 34.7 Å². The molecule has 0 unspecified atom stereocenters. The monoisotopic (exact) mass is 390 g/mol. The van der Waals surface area contributed by atoms with Crippen LogP contribution >= 0.6 is 11.3 Å². The van der Waals surface area contributed by atoms with Gasteiger partial charge in [-0.1, -0.05) is 36.3 Å². The number of hydrogen-bond acceptors (Lipinski definition) is 6. The van der Waals surface area contributed by atoms with Gasteiger partial charge in [-0.25, -0.2) is 4.98 Å². The first-order chi connectivity index (χ1) is 13.6. The molecule has 0 aliphatic rings. The molecule has 7 heteroatoms. The summed E-state index contributed by atoms with van der Waals surface area (Å²) in [5.74, 6) is 0.774. The lowest BCUT2D eigenvalue weighted by Gasteiger charge is -2.02. The van der Waals surface area contributed by atoms with E-state index in [-0.39, 0.29) is 5.91 Å². The molecule has 0 fully saturated rings. The summed E-state index contributed by atoms with van der Waals surface area (Å²) in [4.78, 5) is 20.4. The number of anilines is 1. The number of carbonyl (C=O) groups excluding carboxylic acids is 1. The smallest absolute Gasteiger partial charge is 0.258 e. The molecule has 0 aliphatic carbocycles. The lowest BCUT2D eigenvalue weighted by molar-refractivity contribution is -0.114. The zero-order chi connectivity index (χ0) is 19.5. The minimum absolute atomic E-state index is 0.131. The van der Waals surface area contributed by atoms with Crippen LogP contribution in [0.25, 0.3) is 34.1 Å². The number of aryl methyl sites for hydroxylation is 1. The van der Waals surface area contributed by atoms with Crippen molar-refractivity contribution in [1.82, 2.24) is 15.1 Å². The summed E-state index contributed by atoms with van der Waals surface area (Å²) in [5, 5.41) is 10.0. The SMILES string of the molecule is CCc1nc(-c2cccc(-c3noc(-c4cccc(NC(C)=O)c4)n3)c2)cs1. The third-order valence-electron chi connectivity index (χ3n) is 4.13. The van der Waals surface area contributed by atoms with Gasteiger partial charge in [-0.15, -0.1) is 11.3 Å². The van der Waals surface area contributed by atoms with Crippen LogP contribution in [0.2, 0.25) is 0 Å². The van der Waals surface area contributed by atoms with E-state index in [0.29, 0.717) is 17.4 Å². The number of benzene rings is 2. The van der Waals surface area contributed by atoms with E-state index in [9.17, 15) is 4.79 Å². The van der Waals surface area contributed by atoms with Gasteiger partial charge in [-0.05, 0) is 30.7 Å². The molecule has 2 aromatic heterocycles. The van der Waals surface area contributed by atoms with E-state index in [1.54, 1.807) is 17.4 Å². The van der Waals surface area contributed by atoms with Crippen molar-refractivity contribution in [2.24, 2.45) is 0 Å². The van der Waals surface area contributed by atoms with Crippen LogP contribution in [0.1, 0.15) is 18.9 Å². The summed E-state index contributed by atoms with van der Waals surface area (Å²) in [5.41, 5.74) is 4.26. The number of nitrogens with one attached hydrogen (secondary N) is 1. The Labute approximate surface area is 166 Å². The number of nitrogens with zero attached hydrogens (tertiary/aromatic N) is 3. The molecule has 0 bridgehead atoms. The molecule has 1 N–H and O–H groups in total. The Hall–Kier alpha value is -3.32. The first-order valence-electron chi connectivity index (χ1n) is 8.89. The summed E-state index contributed by atoms with van der Waals surface area (Å²) >= 11 is 1.66. The third kappa shape index (κ3) is 3.84. The molecular formula is C21H18N4O2S. The van der Waals surface area contributed by atoms with Gasteiger partial charge in [0.15, 0.2) is 0 Å². The van der Waals surface area contributed by atoms with Gasteiger partial charge < -0.3 is 9.84 Å². The molecule has 1 amide bonds. The van der Waals surface area contributed by atoms with Crippen molar-refractivity contribution in [2.45, 2.75) is 20.3 Å². The molecule has 0 spiro atoms. The topological polar surface area (TPSA) is 80.9 Å². The Kier molecular flexibility index (Phi) is 4.99. The Bertz CT molecular complexity index is 1130. The Morgan fingerprint density at radius 1 is 1.07 bits per heavy atom. The maximum Gasteiger partial charge on any atom is 0.258 e. The van der Waals surface area contributed by atoms with Gasteiger partial charge in [-0.2, -0.15) is 4.98 Å². The van der Waals surface area contributed by atoms with E-state index in [1.807, 2.05) is 42.5 Å². The summed E-state index contributed by atoms with van der Waals surface area (Å²) < 4.78 is 5.44. The van der Waals surface area contributed by atoms with Gasteiger partial charge in [-0.3, -0.25) is 4.79 Å². The second-order valence-electron chi connectivity index (χ2n) is 6.25. The predicted molar refractivity (Wildman–Crippen MR) is 110 cm³/mol. The molecule has 2 aromatic carbocycles. The van der Waals surface area contributed by atoms with Crippen molar-refractivity contribution >= 4 is 22.9 Å². The first kappa shape index (κ1) is 18.1. The number of aromatic nitrogens is 3. The predicted octanol–water partition coefficient (Wildman–Crippen LogP) is 5.05. The van der Waals surface area contributed by atoms with Gasteiger partial charge in [0.2, 0.25) is 11.7 Å². The average molecular weight is 390 g/mol. The van der Waals surface area contributed by atoms with Gasteiger partial charge >= 0.3 is 0 Å². The lowest BCUT2D eigenvalue weighted by atomic mass is 10.1. The van der Waals surface area contributed by atoms with Crippen LogP contribution in [-0.2, 0) is 11.2 Å². The molecule has 0 saturated carbocycles. The fourth-order valence-corrected chi connectivity index (χ4v) is 3.57. The summed E-state index contributed by atoms with van der Waals surface area (Å²) in [6.07, 6.45) is 0.927. The average Bonchev–Trinajstić information content (AvgIpc) is 3.38. The van der Waals surface area contributed by atoms with E-state index in [0.717, 1.165) is 33.8 Å². The highest BCUT2D eigenvalue weighted by molar-refractivity contribution is 7.09. The fraction of sp³-hybridized carbons (Fsp3) is 0.143. The molecule has 0 saturated heterocycles. The highest BCUT2D eigenvalue weighted by Crippen LogP contribution is 2.28. The van der Waals surface area contributed by atoms with Crippen molar-refractivity contribution in [3.8, 4) is 34.1 Å². The van der Waals surface area contributed by atoms with Crippen LogP contribution < -0.4 is 5.32 Å². The molecular weight excluding hydrogens is 372 g/mol. The quantitative estimate of drug-likeness (QED) is 0.516. The number of amides is 1. The molecule has 28 heavy (non-hydrogen) atoms. The normalized spacial score (nSPS) is 10.8. The molecule has 140 valence electrons. The number of rotatable bonds is 5. The maximum atomic E-state index is 11.3. The van der Waals surface area contributed by atoms with Gasteiger partial charge in [0.1, 0.15) is 0 Å². The Balaban J connectivity index is 1.63. The van der Waals surface area contributed by atoms with Crippen LogP contribution in [-0.4, -0.2) is 21.0 Å². The van der Waals surface area contributed by atoms with Gasteiger partial charge in [0.25, 0.3) is 5.89 Å². The summed E-state index contributed by atoms with van der Waals surface area (Å²) in [6.45, 7) is 3.57. The highest BCUT2D eigenvalue weighted by Gasteiger charge is 2.13. The van der Waals surface area contributed by atoms with Crippen LogP contribution in [0.5, 0.6) is 0 Å². The minimum Gasteiger partial charge on any atom is -0.334 e. The van der Waals surface area contributed by atoms with Crippen LogP contribution in [0, 0.1) is 0 Å². The molecule has 0 radical (unpaired) electrons. The first-order valence-corrected chi connectivity index (χ1v) is 9.77. The Morgan fingerprint density at radius 2 is 1.86 bits per heavy atom. The van der Waals surface area contributed by atoms with E-state index in [4.69, 9.17) is 4.52 Å². The molecule has 4 rings (SSSR count). The highest BCUT2D eigenvalue weighted by atomic mass is 32.1.